The monoisotopic (exact) mass is 224 g/mol. The lowest BCUT2D eigenvalue weighted by molar-refractivity contribution is -0.125. The molecule has 16 heavy (non-hydrogen) atoms. The van der Waals surface area contributed by atoms with Gasteiger partial charge in [0.05, 0.1) is 7.11 Å². The van der Waals surface area contributed by atoms with E-state index < -0.39 is 11.2 Å². The van der Waals surface area contributed by atoms with Crippen molar-refractivity contribution in [2.45, 2.75) is 27.2 Å². The third-order valence-corrected chi connectivity index (χ3v) is 2.45. The molecule has 0 aromatic heterocycles. The van der Waals surface area contributed by atoms with Crippen LogP contribution in [-0.4, -0.2) is 12.9 Å². The SMILES string of the molecule is COc1cccc(CC(=O)C(C)(C)C)c1F. The van der Waals surface area contributed by atoms with Crippen LogP contribution in [-0.2, 0) is 11.2 Å². The summed E-state index contributed by atoms with van der Waals surface area (Å²) in [7, 11) is 1.41. The summed E-state index contributed by atoms with van der Waals surface area (Å²) in [6, 6.07) is 4.84. The zero-order valence-corrected chi connectivity index (χ0v) is 10.1. The van der Waals surface area contributed by atoms with Crippen molar-refractivity contribution in [3.63, 3.8) is 0 Å². The second kappa shape index (κ2) is 4.64. The number of Topliss-reactive ketones (excluding diaryl/α,β-unsaturated/α-hetero) is 1. The van der Waals surface area contributed by atoms with Gasteiger partial charge in [-0.1, -0.05) is 32.9 Å². The van der Waals surface area contributed by atoms with Crippen molar-refractivity contribution in [1.29, 1.82) is 0 Å². The molecule has 0 fully saturated rings. The molecular formula is C13H17FO2. The first-order valence-corrected chi connectivity index (χ1v) is 5.21. The Balaban J connectivity index is 2.94. The molecule has 0 atom stereocenters. The number of benzene rings is 1. The largest absolute Gasteiger partial charge is 0.494 e. The Kier molecular flexibility index (Phi) is 3.68. The first-order chi connectivity index (χ1) is 7.36. The summed E-state index contributed by atoms with van der Waals surface area (Å²) in [5, 5.41) is 0. The van der Waals surface area contributed by atoms with Gasteiger partial charge in [0.1, 0.15) is 5.78 Å². The van der Waals surface area contributed by atoms with Gasteiger partial charge in [-0.15, -0.1) is 0 Å². The second-order valence-electron chi connectivity index (χ2n) is 4.78. The molecule has 0 aliphatic heterocycles. The number of hydrogen-bond donors (Lipinski definition) is 0. The van der Waals surface area contributed by atoms with E-state index in [4.69, 9.17) is 4.74 Å². The molecule has 0 saturated carbocycles. The maximum Gasteiger partial charge on any atom is 0.168 e. The lowest BCUT2D eigenvalue weighted by Gasteiger charge is -2.17. The third kappa shape index (κ3) is 2.81. The van der Waals surface area contributed by atoms with Crippen LogP contribution in [0.25, 0.3) is 0 Å². The summed E-state index contributed by atoms with van der Waals surface area (Å²) in [6.07, 6.45) is 0.104. The number of rotatable bonds is 3. The van der Waals surface area contributed by atoms with Crippen molar-refractivity contribution in [2.75, 3.05) is 7.11 Å². The lowest BCUT2D eigenvalue weighted by atomic mass is 9.87. The molecule has 0 N–H and O–H groups in total. The van der Waals surface area contributed by atoms with Gasteiger partial charge in [-0.2, -0.15) is 0 Å². The van der Waals surface area contributed by atoms with E-state index in [1.54, 1.807) is 18.2 Å². The molecule has 0 spiro atoms. The van der Waals surface area contributed by atoms with Crippen molar-refractivity contribution in [1.82, 2.24) is 0 Å². The third-order valence-electron chi connectivity index (χ3n) is 2.45. The van der Waals surface area contributed by atoms with Crippen molar-refractivity contribution >= 4 is 5.78 Å². The number of methoxy groups -OCH3 is 1. The van der Waals surface area contributed by atoms with Crippen LogP contribution in [0.4, 0.5) is 4.39 Å². The van der Waals surface area contributed by atoms with Gasteiger partial charge in [0.25, 0.3) is 0 Å². The molecule has 88 valence electrons. The molecule has 0 radical (unpaired) electrons. The van der Waals surface area contributed by atoms with E-state index in [0.717, 1.165) is 0 Å². The molecule has 0 unspecified atom stereocenters. The summed E-state index contributed by atoms with van der Waals surface area (Å²) in [6.45, 7) is 5.48. The van der Waals surface area contributed by atoms with Crippen molar-refractivity contribution in [3.8, 4) is 5.75 Å². The average Bonchev–Trinajstić information content (AvgIpc) is 2.19. The van der Waals surface area contributed by atoms with Gasteiger partial charge < -0.3 is 4.74 Å². The highest BCUT2D eigenvalue weighted by Crippen LogP contribution is 2.23. The van der Waals surface area contributed by atoms with E-state index in [1.165, 1.54) is 7.11 Å². The van der Waals surface area contributed by atoms with Crippen LogP contribution in [0.3, 0.4) is 0 Å². The number of carbonyl (C=O) groups excluding carboxylic acids is 1. The quantitative estimate of drug-likeness (QED) is 0.789. The highest BCUT2D eigenvalue weighted by Gasteiger charge is 2.23. The molecule has 3 heteroatoms. The highest BCUT2D eigenvalue weighted by molar-refractivity contribution is 5.85. The average molecular weight is 224 g/mol. The van der Waals surface area contributed by atoms with Gasteiger partial charge in [0.15, 0.2) is 11.6 Å². The predicted molar refractivity (Wildman–Crippen MR) is 61.1 cm³/mol. The number of ether oxygens (including phenoxy) is 1. The first kappa shape index (κ1) is 12.7. The van der Waals surface area contributed by atoms with Crippen LogP contribution in [0.1, 0.15) is 26.3 Å². The van der Waals surface area contributed by atoms with Gasteiger partial charge in [0.2, 0.25) is 0 Å². The van der Waals surface area contributed by atoms with Gasteiger partial charge >= 0.3 is 0 Å². The molecule has 0 aliphatic rings. The summed E-state index contributed by atoms with van der Waals surface area (Å²) in [4.78, 5) is 11.8. The van der Waals surface area contributed by atoms with Crippen LogP contribution in [0.2, 0.25) is 0 Å². The zero-order valence-electron chi connectivity index (χ0n) is 10.1. The highest BCUT2D eigenvalue weighted by atomic mass is 19.1. The fraction of sp³-hybridized carbons (Fsp3) is 0.462. The number of halogens is 1. The molecule has 1 aromatic carbocycles. The van der Waals surface area contributed by atoms with Crippen LogP contribution < -0.4 is 4.74 Å². The fourth-order valence-electron chi connectivity index (χ4n) is 1.29. The Labute approximate surface area is 95.4 Å². The van der Waals surface area contributed by atoms with Crippen LogP contribution in [0, 0.1) is 11.2 Å². The van der Waals surface area contributed by atoms with Crippen molar-refractivity contribution < 1.29 is 13.9 Å². The minimum Gasteiger partial charge on any atom is -0.494 e. The summed E-state index contributed by atoms with van der Waals surface area (Å²) >= 11 is 0. The first-order valence-electron chi connectivity index (χ1n) is 5.21. The van der Waals surface area contributed by atoms with Gasteiger partial charge in [-0.05, 0) is 11.6 Å². The lowest BCUT2D eigenvalue weighted by Crippen LogP contribution is -2.22. The molecule has 0 amide bonds. The van der Waals surface area contributed by atoms with E-state index in [0.29, 0.717) is 5.56 Å². The molecule has 0 saturated heterocycles. The van der Waals surface area contributed by atoms with E-state index in [2.05, 4.69) is 0 Å². The molecule has 2 nitrogen and oxygen atoms in total. The van der Waals surface area contributed by atoms with E-state index >= 15 is 0 Å². The standard InChI is InChI=1S/C13H17FO2/c1-13(2,3)11(15)8-9-6-5-7-10(16-4)12(9)14/h5-7H,8H2,1-4H3. The number of hydrogen-bond acceptors (Lipinski definition) is 2. The Morgan fingerprint density at radius 2 is 2.00 bits per heavy atom. The Morgan fingerprint density at radius 1 is 1.38 bits per heavy atom. The topological polar surface area (TPSA) is 26.3 Å². The van der Waals surface area contributed by atoms with Crippen LogP contribution in [0.15, 0.2) is 18.2 Å². The normalized spacial score (nSPS) is 11.3. The summed E-state index contributed by atoms with van der Waals surface area (Å²) < 4.78 is 18.6. The Hall–Kier alpha value is -1.38. The van der Waals surface area contributed by atoms with Gasteiger partial charge in [-0.25, -0.2) is 4.39 Å². The number of carbonyl (C=O) groups is 1. The maximum atomic E-state index is 13.7. The smallest absolute Gasteiger partial charge is 0.168 e. The molecular weight excluding hydrogens is 207 g/mol. The summed E-state index contributed by atoms with van der Waals surface area (Å²) in [5.41, 5.74) is -0.0607. The minimum atomic E-state index is -0.449. The van der Waals surface area contributed by atoms with Crippen molar-refractivity contribution in [2.24, 2.45) is 5.41 Å². The minimum absolute atomic E-state index is 0.0136. The molecule has 1 aromatic rings. The van der Waals surface area contributed by atoms with Gasteiger partial charge in [0, 0.05) is 11.8 Å². The fourth-order valence-corrected chi connectivity index (χ4v) is 1.29. The zero-order chi connectivity index (χ0) is 12.3. The van der Waals surface area contributed by atoms with Crippen LogP contribution >= 0.6 is 0 Å². The molecule has 0 heterocycles. The summed E-state index contributed by atoms with van der Waals surface area (Å²) in [5.74, 6) is -0.249. The van der Waals surface area contributed by atoms with Crippen LogP contribution in [0.5, 0.6) is 5.75 Å². The Morgan fingerprint density at radius 3 is 2.50 bits per heavy atom. The molecule has 1 rings (SSSR count). The second-order valence-corrected chi connectivity index (χ2v) is 4.78. The maximum absolute atomic E-state index is 13.7. The van der Waals surface area contributed by atoms with E-state index in [-0.39, 0.29) is 18.0 Å². The van der Waals surface area contributed by atoms with Gasteiger partial charge in [-0.3, -0.25) is 4.79 Å². The van der Waals surface area contributed by atoms with Crippen molar-refractivity contribution in [3.05, 3.63) is 29.6 Å². The molecule has 0 aliphatic carbocycles. The Bertz CT molecular complexity index is 391. The van der Waals surface area contributed by atoms with E-state index in [1.807, 2.05) is 20.8 Å². The van der Waals surface area contributed by atoms with E-state index in [9.17, 15) is 9.18 Å². The predicted octanol–water partition coefficient (Wildman–Crippen LogP) is 2.99. The molecule has 0 bridgehead atoms. The number of ketones is 1.